The Labute approximate surface area is 224 Å². The molecular weight excluding hydrogens is 476 g/mol. The number of ether oxygens (including phenoxy) is 1. The highest BCUT2D eigenvalue weighted by atomic mass is 16.5. The minimum Gasteiger partial charge on any atom is -0.462 e. The van der Waals surface area contributed by atoms with E-state index in [1.54, 1.807) is 4.90 Å². The predicted molar refractivity (Wildman–Crippen MR) is 146 cm³/mol. The van der Waals surface area contributed by atoms with Crippen molar-refractivity contribution in [1.82, 2.24) is 19.8 Å². The van der Waals surface area contributed by atoms with Crippen LogP contribution in [0.5, 0.6) is 6.01 Å². The maximum absolute atomic E-state index is 12.5. The van der Waals surface area contributed by atoms with E-state index in [2.05, 4.69) is 47.7 Å². The van der Waals surface area contributed by atoms with Gasteiger partial charge in [0.05, 0.1) is 24.2 Å². The van der Waals surface area contributed by atoms with E-state index < -0.39 is 0 Å². The lowest BCUT2D eigenvalue weighted by Crippen LogP contribution is -2.55. The molecule has 0 spiro atoms. The van der Waals surface area contributed by atoms with Crippen LogP contribution in [0.15, 0.2) is 30.9 Å². The van der Waals surface area contributed by atoms with Crippen LogP contribution in [-0.2, 0) is 17.6 Å². The fourth-order valence-corrected chi connectivity index (χ4v) is 6.29. The van der Waals surface area contributed by atoms with Gasteiger partial charge in [-0.05, 0) is 81.3 Å². The average molecular weight is 513 g/mol. The Kier molecular flexibility index (Phi) is 6.79. The second-order valence-electron chi connectivity index (χ2n) is 11.1. The van der Waals surface area contributed by atoms with E-state index in [1.165, 1.54) is 42.0 Å². The number of nitrogens with zero attached hydrogens (tertiary/aromatic N) is 6. The van der Waals surface area contributed by atoms with Crippen LogP contribution in [-0.4, -0.2) is 77.6 Å². The lowest BCUT2D eigenvalue weighted by atomic mass is 9.87. The molecule has 2 atom stereocenters. The third-order valence-corrected chi connectivity index (χ3v) is 8.69. The summed E-state index contributed by atoms with van der Waals surface area (Å²) in [5.41, 5.74) is 6.07. The third-order valence-electron chi connectivity index (χ3n) is 8.69. The number of piperazine rings is 1. The molecule has 8 heteroatoms. The number of likely N-dealkylation sites (N-methyl/N-ethyl adjacent to an activating group) is 1. The van der Waals surface area contributed by atoms with Crippen molar-refractivity contribution in [1.29, 1.82) is 5.26 Å². The van der Waals surface area contributed by atoms with E-state index in [-0.39, 0.29) is 18.4 Å². The fraction of sp³-hybridized carbons (Fsp3) is 0.533. The van der Waals surface area contributed by atoms with Crippen molar-refractivity contribution in [2.75, 3.05) is 44.7 Å². The second kappa shape index (κ2) is 10.4. The number of hydrogen-bond acceptors (Lipinski definition) is 7. The number of hydrogen-bond donors (Lipinski definition) is 0. The summed E-state index contributed by atoms with van der Waals surface area (Å²) in [5.74, 6) is 1.43. The summed E-state index contributed by atoms with van der Waals surface area (Å²) >= 11 is 0. The van der Waals surface area contributed by atoms with Gasteiger partial charge in [0, 0.05) is 36.8 Å². The van der Waals surface area contributed by atoms with Crippen LogP contribution in [0.1, 0.15) is 54.7 Å². The molecule has 0 radical (unpaired) electrons. The number of aromatic nitrogens is 2. The first-order chi connectivity index (χ1) is 18.6. The number of amides is 1. The largest absolute Gasteiger partial charge is 0.462 e. The van der Waals surface area contributed by atoms with Crippen molar-refractivity contribution >= 4 is 11.7 Å². The molecule has 1 amide bonds. The maximum Gasteiger partial charge on any atom is 0.319 e. The van der Waals surface area contributed by atoms with Crippen LogP contribution < -0.4 is 9.64 Å². The number of carbonyl (C=O) groups excluding carboxylic acids is 1. The standard InChI is InChI=1S/C30H36N6O2/c1-3-27(37)36-16-15-35(18-23(36)12-13-31)29-25-11-10-21-8-9-22(20-6-7-20)17-26(21)28(25)32-30(33-29)38-19-24-5-4-14-34(24)2/h3,8-9,17,20,23-24H,1,4-7,10-12,14-16,18-19H2,2H3/t23-,24-/m0/s1. The van der Waals surface area contributed by atoms with Crippen LogP contribution in [0.25, 0.3) is 11.3 Å². The van der Waals surface area contributed by atoms with E-state index in [1.807, 2.05) is 0 Å². The summed E-state index contributed by atoms with van der Waals surface area (Å²) in [4.78, 5) is 28.8. The number of fused-ring (bicyclic) bond motifs is 3. The summed E-state index contributed by atoms with van der Waals surface area (Å²) in [6, 6.07) is 9.77. The Morgan fingerprint density at radius 2 is 2.05 bits per heavy atom. The van der Waals surface area contributed by atoms with Gasteiger partial charge >= 0.3 is 6.01 Å². The molecule has 2 saturated heterocycles. The van der Waals surface area contributed by atoms with E-state index in [4.69, 9.17) is 14.7 Å². The van der Waals surface area contributed by atoms with Gasteiger partial charge in [-0.15, -0.1) is 0 Å². The lowest BCUT2D eigenvalue weighted by molar-refractivity contribution is -0.128. The molecule has 198 valence electrons. The highest BCUT2D eigenvalue weighted by Crippen LogP contribution is 2.44. The summed E-state index contributed by atoms with van der Waals surface area (Å²) in [7, 11) is 2.15. The Morgan fingerprint density at radius 1 is 1.18 bits per heavy atom. The van der Waals surface area contributed by atoms with Gasteiger partial charge in [-0.2, -0.15) is 15.2 Å². The van der Waals surface area contributed by atoms with Gasteiger partial charge in [-0.3, -0.25) is 4.79 Å². The van der Waals surface area contributed by atoms with E-state index in [9.17, 15) is 10.1 Å². The molecule has 3 heterocycles. The van der Waals surface area contributed by atoms with Crippen LogP contribution in [0.3, 0.4) is 0 Å². The van der Waals surface area contributed by atoms with E-state index >= 15 is 0 Å². The van der Waals surface area contributed by atoms with Gasteiger partial charge in [0.2, 0.25) is 5.91 Å². The van der Waals surface area contributed by atoms with Gasteiger partial charge in [0.25, 0.3) is 0 Å². The highest BCUT2D eigenvalue weighted by molar-refractivity contribution is 5.87. The molecule has 1 aromatic carbocycles. The SMILES string of the molecule is C=CC(=O)N1CCN(c2nc(OC[C@@H]3CCCN3C)nc3c2CCc2ccc(C4CC4)cc2-3)C[C@@H]1CC#N. The van der Waals surface area contributed by atoms with Gasteiger partial charge in [0.15, 0.2) is 0 Å². The zero-order valence-electron chi connectivity index (χ0n) is 22.2. The molecule has 1 aromatic heterocycles. The quantitative estimate of drug-likeness (QED) is 0.523. The molecular formula is C30H36N6O2. The van der Waals surface area contributed by atoms with Gasteiger partial charge in [-0.25, -0.2) is 0 Å². The molecule has 3 fully saturated rings. The molecule has 2 aliphatic carbocycles. The number of rotatable bonds is 7. The first-order valence-corrected chi connectivity index (χ1v) is 14.0. The van der Waals surface area contributed by atoms with E-state index in [0.717, 1.165) is 42.9 Å². The molecule has 0 unspecified atom stereocenters. The van der Waals surface area contributed by atoms with Crippen molar-refractivity contribution in [3.63, 3.8) is 0 Å². The van der Waals surface area contributed by atoms with Crippen LogP contribution >= 0.6 is 0 Å². The maximum atomic E-state index is 12.5. The number of nitriles is 1. The van der Waals surface area contributed by atoms with Crippen molar-refractivity contribution in [2.24, 2.45) is 0 Å². The topological polar surface area (TPSA) is 85.6 Å². The number of likely N-dealkylation sites (tertiary alicyclic amines) is 1. The molecule has 0 bridgehead atoms. The molecule has 2 aliphatic heterocycles. The number of aryl methyl sites for hydroxylation is 1. The lowest BCUT2D eigenvalue weighted by Gasteiger charge is -2.41. The van der Waals surface area contributed by atoms with Gasteiger partial charge in [0.1, 0.15) is 12.4 Å². The molecule has 0 N–H and O–H groups in total. The first kappa shape index (κ1) is 24.9. The minimum atomic E-state index is -0.210. The Bertz CT molecular complexity index is 1280. The Morgan fingerprint density at radius 3 is 2.79 bits per heavy atom. The summed E-state index contributed by atoms with van der Waals surface area (Å²) in [6.07, 6.45) is 8.26. The van der Waals surface area contributed by atoms with Crippen molar-refractivity contribution in [3.05, 3.63) is 47.5 Å². The van der Waals surface area contributed by atoms with Crippen molar-refractivity contribution in [2.45, 2.75) is 62.9 Å². The molecule has 38 heavy (non-hydrogen) atoms. The van der Waals surface area contributed by atoms with E-state index in [0.29, 0.717) is 44.2 Å². The molecule has 8 nitrogen and oxygen atoms in total. The molecule has 6 rings (SSSR count). The summed E-state index contributed by atoms with van der Waals surface area (Å²) in [5, 5.41) is 9.48. The molecule has 4 aliphatic rings. The van der Waals surface area contributed by atoms with Crippen molar-refractivity contribution in [3.8, 4) is 23.3 Å². The van der Waals surface area contributed by atoms with Crippen LogP contribution in [0, 0.1) is 11.3 Å². The monoisotopic (exact) mass is 512 g/mol. The van der Waals surface area contributed by atoms with Crippen molar-refractivity contribution < 1.29 is 9.53 Å². The van der Waals surface area contributed by atoms with Crippen LogP contribution in [0.2, 0.25) is 0 Å². The second-order valence-corrected chi connectivity index (χ2v) is 11.1. The highest BCUT2D eigenvalue weighted by Gasteiger charge is 2.34. The molecule has 1 saturated carbocycles. The zero-order valence-corrected chi connectivity index (χ0v) is 22.2. The Hall–Kier alpha value is -3.44. The smallest absolute Gasteiger partial charge is 0.319 e. The zero-order chi connectivity index (χ0) is 26.2. The third kappa shape index (κ3) is 4.76. The Balaban J connectivity index is 1.37. The summed E-state index contributed by atoms with van der Waals surface area (Å²) in [6.45, 7) is 7.04. The van der Waals surface area contributed by atoms with Gasteiger partial charge in [-0.1, -0.05) is 18.7 Å². The predicted octanol–water partition coefficient (Wildman–Crippen LogP) is 3.71. The minimum absolute atomic E-state index is 0.124. The van der Waals surface area contributed by atoms with Gasteiger partial charge < -0.3 is 19.4 Å². The fourth-order valence-electron chi connectivity index (χ4n) is 6.29. The first-order valence-electron chi connectivity index (χ1n) is 14.0. The summed E-state index contributed by atoms with van der Waals surface area (Å²) < 4.78 is 6.29. The molecule has 2 aromatic rings. The number of benzene rings is 1. The van der Waals surface area contributed by atoms with Crippen LogP contribution in [0.4, 0.5) is 5.82 Å². The normalized spacial score (nSPS) is 22.9. The average Bonchev–Trinajstić information content (AvgIpc) is 3.72. The number of anilines is 1. The number of carbonyl (C=O) groups is 1.